The van der Waals surface area contributed by atoms with Crippen LogP contribution in [0.15, 0.2) is 10.5 Å². The molecule has 1 aliphatic carbocycles. The maximum atomic E-state index is 11.2. The first-order valence-electron chi connectivity index (χ1n) is 4.48. The molecule has 1 saturated carbocycles. The van der Waals surface area contributed by atoms with Gasteiger partial charge in [0, 0.05) is 5.92 Å². The van der Waals surface area contributed by atoms with Gasteiger partial charge in [-0.15, -0.1) is 11.3 Å². The molecule has 76 valence electrons. The minimum atomic E-state index is -0.425. The summed E-state index contributed by atoms with van der Waals surface area (Å²) < 4.78 is 5.14. The summed E-state index contributed by atoms with van der Waals surface area (Å²) in [6, 6.07) is 1.84. The van der Waals surface area contributed by atoms with Crippen molar-refractivity contribution in [2.75, 3.05) is 0 Å². The van der Waals surface area contributed by atoms with Gasteiger partial charge >= 0.3 is 5.97 Å². The molecule has 1 heterocycles. The minimum Gasteiger partial charge on any atom is -0.284 e. The van der Waals surface area contributed by atoms with Crippen LogP contribution < -0.4 is 0 Å². The first-order chi connectivity index (χ1) is 7.20. The van der Waals surface area contributed by atoms with Crippen molar-refractivity contribution >= 4 is 40.0 Å². The SMILES string of the molecule is C=[O+]C(=O)c1sc(C#CC2CC2)cc1Br. The zero-order valence-corrected chi connectivity index (χ0v) is 10.3. The van der Waals surface area contributed by atoms with Crippen LogP contribution in [-0.4, -0.2) is 12.8 Å². The van der Waals surface area contributed by atoms with Gasteiger partial charge in [0.25, 0.3) is 0 Å². The van der Waals surface area contributed by atoms with Crippen molar-refractivity contribution < 1.29 is 9.22 Å². The first-order valence-corrected chi connectivity index (χ1v) is 6.09. The molecule has 1 aliphatic rings. The van der Waals surface area contributed by atoms with Gasteiger partial charge < -0.3 is 0 Å². The second kappa shape index (κ2) is 4.30. The lowest BCUT2D eigenvalue weighted by atomic mass is 10.4. The van der Waals surface area contributed by atoms with Crippen LogP contribution in [0.5, 0.6) is 0 Å². The third-order valence-corrected chi connectivity index (χ3v) is 3.90. The highest BCUT2D eigenvalue weighted by atomic mass is 79.9. The Balaban J connectivity index is 2.24. The molecule has 0 atom stereocenters. The molecule has 15 heavy (non-hydrogen) atoms. The normalized spacial score (nSPS) is 14.2. The van der Waals surface area contributed by atoms with Gasteiger partial charge in [-0.2, -0.15) is 0 Å². The number of carbonyl (C=O) groups is 1. The van der Waals surface area contributed by atoms with Crippen LogP contribution in [0, 0.1) is 17.8 Å². The van der Waals surface area contributed by atoms with E-state index in [0.29, 0.717) is 10.8 Å². The predicted molar refractivity (Wildman–Crippen MR) is 63.1 cm³/mol. The van der Waals surface area contributed by atoms with E-state index in [1.54, 1.807) is 0 Å². The van der Waals surface area contributed by atoms with Crippen molar-refractivity contribution in [1.82, 2.24) is 0 Å². The van der Waals surface area contributed by atoms with Crippen molar-refractivity contribution in [3.63, 3.8) is 0 Å². The van der Waals surface area contributed by atoms with E-state index < -0.39 is 5.97 Å². The summed E-state index contributed by atoms with van der Waals surface area (Å²) >= 11 is 4.62. The van der Waals surface area contributed by atoms with E-state index in [0.717, 1.165) is 9.35 Å². The van der Waals surface area contributed by atoms with Crippen LogP contribution in [0.4, 0.5) is 0 Å². The standard InChI is InChI=1S/C11H8BrO2S/c1-14-11(13)10-9(12)6-8(15-10)5-4-7-2-3-7/h6-7H,1-3H2/q+1. The first kappa shape index (κ1) is 10.6. The summed E-state index contributed by atoms with van der Waals surface area (Å²) in [5.41, 5.74) is 0. The summed E-state index contributed by atoms with van der Waals surface area (Å²) in [7, 11) is 0. The predicted octanol–water partition coefficient (Wildman–Crippen LogP) is 2.78. The summed E-state index contributed by atoms with van der Waals surface area (Å²) in [6.07, 6.45) is 2.40. The van der Waals surface area contributed by atoms with Gasteiger partial charge in [0.15, 0.2) is 11.7 Å². The zero-order chi connectivity index (χ0) is 10.8. The molecule has 0 saturated heterocycles. The van der Waals surface area contributed by atoms with Crippen molar-refractivity contribution in [1.29, 1.82) is 0 Å². The topological polar surface area (TPSA) is 28.4 Å². The average molecular weight is 284 g/mol. The molecule has 0 spiro atoms. The second-order valence-electron chi connectivity index (χ2n) is 3.26. The third-order valence-electron chi connectivity index (χ3n) is 1.98. The molecule has 4 heteroatoms. The van der Waals surface area contributed by atoms with E-state index in [4.69, 9.17) is 0 Å². The second-order valence-corrected chi connectivity index (χ2v) is 5.17. The van der Waals surface area contributed by atoms with E-state index in [2.05, 4.69) is 39.0 Å². The number of hydrogen-bond acceptors (Lipinski definition) is 2. The Morgan fingerprint density at radius 1 is 1.67 bits per heavy atom. The molecule has 0 unspecified atom stereocenters. The molecule has 2 nitrogen and oxygen atoms in total. The van der Waals surface area contributed by atoms with Crippen molar-refractivity contribution in [2.45, 2.75) is 12.8 Å². The molecule has 0 aliphatic heterocycles. The summed E-state index contributed by atoms with van der Waals surface area (Å²) in [6.45, 7) is 3.10. The average Bonchev–Trinajstić information content (AvgIpc) is 2.98. The summed E-state index contributed by atoms with van der Waals surface area (Å²) in [5, 5.41) is 0. The fourth-order valence-corrected chi connectivity index (χ4v) is 2.63. The van der Waals surface area contributed by atoms with Gasteiger partial charge in [0.1, 0.15) is 0 Å². The molecule has 0 amide bonds. The lowest BCUT2D eigenvalue weighted by molar-refractivity contribution is -0.333. The third kappa shape index (κ3) is 2.55. The van der Waals surface area contributed by atoms with Crippen LogP contribution >= 0.6 is 27.3 Å². The van der Waals surface area contributed by atoms with Crippen molar-refractivity contribution in [3.8, 4) is 11.8 Å². The van der Waals surface area contributed by atoms with E-state index in [1.165, 1.54) is 24.2 Å². The molecule has 2 rings (SSSR count). The number of thiophene rings is 1. The molecule has 0 bridgehead atoms. The molecule has 0 N–H and O–H groups in total. The number of carbonyl (C=O) groups excluding carboxylic acids is 2. The summed E-state index contributed by atoms with van der Waals surface area (Å²) in [4.78, 5) is 12.6. The largest absolute Gasteiger partial charge is 0.623 e. The van der Waals surface area contributed by atoms with Crippen LogP contribution in [0.1, 0.15) is 27.4 Å². The zero-order valence-electron chi connectivity index (χ0n) is 7.88. The van der Waals surface area contributed by atoms with E-state index >= 15 is 0 Å². The Kier molecular flexibility index (Phi) is 3.03. The fourth-order valence-electron chi connectivity index (χ4n) is 1.04. The van der Waals surface area contributed by atoms with Crippen LogP contribution in [0.2, 0.25) is 0 Å². The minimum absolute atomic E-state index is 0.425. The molecule has 1 fully saturated rings. The molecular formula is C11H8BrO2S+. The molecule has 0 radical (unpaired) electrons. The van der Waals surface area contributed by atoms with Gasteiger partial charge in [0.2, 0.25) is 0 Å². The molecule has 1 aromatic rings. The number of rotatable bonds is 1. The van der Waals surface area contributed by atoms with Gasteiger partial charge in [-0.25, -0.2) is 0 Å². The highest BCUT2D eigenvalue weighted by Gasteiger charge is 2.24. The van der Waals surface area contributed by atoms with E-state index in [9.17, 15) is 4.79 Å². The Labute approximate surface area is 100 Å². The quantitative estimate of drug-likeness (QED) is 0.575. The monoisotopic (exact) mass is 283 g/mol. The Hall–Kier alpha value is -0.920. The molecule has 1 aromatic heterocycles. The van der Waals surface area contributed by atoms with Gasteiger partial charge in [0.05, 0.1) is 14.1 Å². The molecule has 0 aromatic carbocycles. The Bertz CT molecular complexity index is 475. The Morgan fingerprint density at radius 3 is 3.00 bits per heavy atom. The van der Waals surface area contributed by atoms with Crippen molar-refractivity contribution in [2.24, 2.45) is 5.92 Å². The fraction of sp³-hybridized carbons (Fsp3) is 0.273. The highest BCUT2D eigenvalue weighted by Crippen LogP contribution is 2.29. The summed E-state index contributed by atoms with van der Waals surface area (Å²) in [5.74, 6) is 6.34. The van der Waals surface area contributed by atoms with Crippen LogP contribution in [0.3, 0.4) is 0 Å². The lowest BCUT2D eigenvalue weighted by Crippen LogP contribution is -1.94. The maximum absolute atomic E-state index is 11.2. The van der Waals surface area contributed by atoms with Gasteiger partial charge in [-0.3, -0.25) is 4.42 Å². The smallest absolute Gasteiger partial charge is 0.284 e. The van der Waals surface area contributed by atoms with E-state index in [1.807, 2.05) is 6.07 Å². The maximum Gasteiger partial charge on any atom is 0.623 e. The van der Waals surface area contributed by atoms with E-state index in [-0.39, 0.29) is 0 Å². The van der Waals surface area contributed by atoms with Crippen molar-refractivity contribution in [3.05, 3.63) is 20.3 Å². The van der Waals surface area contributed by atoms with Crippen LogP contribution in [-0.2, 0) is 4.42 Å². The highest BCUT2D eigenvalue weighted by molar-refractivity contribution is 9.10. The number of hydrogen-bond donors (Lipinski definition) is 0. The van der Waals surface area contributed by atoms with Gasteiger partial charge in [-0.05, 0) is 34.8 Å². The molecular weight excluding hydrogens is 276 g/mol. The number of halogens is 1. The van der Waals surface area contributed by atoms with Crippen LogP contribution in [0.25, 0.3) is 0 Å². The Morgan fingerprint density at radius 2 is 2.40 bits per heavy atom. The lowest BCUT2D eigenvalue weighted by Gasteiger charge is -1.77. The van der Waals surface area contributed by atoms with Gasteiger partial charge in [-0.1, -0.05) is 11.8 Å².